The van der Waals surface area contributed by atoms with E-state index in [0.29, 0.717) is 17.7 Å². The van der Waals surface area contributed by atoms with Crippen molar-refractivity contribution in [2.24, 2.45) is 4.40 Å². The molecule has 1 heterocycles. The van der Waals surface area contributed by atoms with Crippen LogP contribution in [-0.2, 0) is 20.2 Å². The predicted octanol–water partition coefficient (Wildman–Crippen LogP) is 4.20. The first kappa shape index (κ1) is 19.4. The second kappa shape index (κ2) is 6.84. The number of unbranched alkanes of at least 4 members (excludes halogenated alkanes) is 1. The molecule has 1 aliphatic carbocycles. The Balaban J connectivity index is 1.93. The number of carbonyl (C=O) groups is 1. The monoisotopic (exact) mass is 410 g/mol. The van der Waals surface area contributed by atoms with Crippen LogP contribution in [0.5, 0.6) is 0 Å². The van der Waals surface area contributed by atoms with E-state index in [1.165, 1.54) is 6.07 Å². The molecule has 2 aromatic rings. The van der Waals surface area contributed by atoms with Gasteiger partial charge in [-0.25, -0.2) is 0 Å². The normalized spacial score (nSPS) is 22.4. The molecule has 29 heavy (non-hydrogen) atoms. The van der Waals surface area contributed by atoms with E-state index in [1.54, 1.807) is 30.3 Å². The average molecular weight is 410 g/mol. The first-order valence-electron chi connectivity index (χ1n) is 9.59. The molecular formula is C22H22N2O4S. The number of benzene rings is 2. The lowest BCUT2D eigenvalue weighted by atomic mass is 9.67. The molecule has 4 rings (SSSR count). The molecule has 2 N–H and O–H groups in total. The number of Topliss-reactive ketones (excluding diaryl/α,β-unsaturated/α-hetero) is 1. The van der Waals surface area contributed by atoms with Crippen molar-refractivity contribution in [3.63, 3.8) is 0 Å². The van der Waals surface area contributed by atoms with Gasteiger partial charge in [-0.3, -0.25) is 4.79 Å². The summed E-state index contributed by atoms with van der Waals surface area (Å²) in [5.41, 5.74) is 0.653. The van der Waals surface area contributed by atoms with Crippen molar-refractivity contribution >= 4 is 33.1 Å². The average Bonchev–Trinajstić information content (AvgIpc) is 2.71. The van der Waals surface area contributed by atoms with Gasteiger partial charge in [0.05, 0.1) is 11.1 Å². The van der Waals surface area contributed by atoms with Crippen molar-refractivity contribution in [1.29, 1.82) is 0 Å². The van der Waals surface area contributed by atoms with Gasteiger partial charge >= 0.3 is 0 Å². The second-order valence-corrected chi connectivity index (χ2v) is 9.14. The maximum Gasteiger partial charge on any atom is 0.286 e. The zero-order valence-corrected chi connectivity index (χ0v) is 17.1. The van der Waals surface area contributed by atoms with E-state index in [9.17, 15) is 18.3 Å². The van der Waals surface area contributed by atoms with Crippen LogP contribution in [0.15, 0.2) is 63.4 Å². The van der Waals surface area contributed by atoms with Crippen molar-refractivity contribution < 1.29 is 18.3 Å². The summed E-state index contributed by atoms with van der Waals surface area (Å²) in [4.78, 5) is 13.7. The molecule has 0 bridgehead atoms. The van der Waals surface area contributed by atoms with Crippen molar-refractivity contribution in [1.82, 2.24) is 0 Å². The minimum Gasteiger partial charge on any atom is -0.506 e. The van der Waals surface area contributed by atoms with E-state index >= 15 is 0 Å². The van der Waals surface area contributed by atoms with Gasteiger partial charge in [-0.15, -0.1) is 4.40 Å². The van der Waals surface area contributed by atoms with Crippen LogP contribution in [-0.4, -0.2) is 25.1 Å². The van der Waals surface area contributed by atoms with E-state index in [2.05, 4.69) is 9.71 Å². The number of carbonyl (C=O) groups excluding carboxylic acids is 1. The number of para-hydroxylation sites is 1. The summed E-state index contributed by atoms with van der Waals surface area (Å²) in [6.07, 6.45) is 2.33. The van der Waals surface area contributed by atoms with Crippen LogP contribution >= 0.6 is 0 Å². The highest BCUT2D eigenvalue weighted by molar-refractivity contribution is 7.90. The molecule has 1 aliphatic heterocycles. The summed E-state index contributed by atoms with van der Waals surface area (Å²) >= 11 is 0. The molecule has 2 aromatic carbocycles. The number of nitrogens with one attached hydrogen (secondary N) is 1. The second-order valence-electron chi connectivity index (χ2n) is 7.57. The third kappa shape index (κ3) is 2.97. The fourth-order valence-corrected chi connectivity index (χ4v) is 5.16. The maximum absolute atomic E-state index is 13.6. The summed E-state index contributed by atoms with van der Waals surface area (Å²) in [5.74, 6) is -0.716. The lowest BCUT2D eigenvalue weighted by Gasteiger charge is -2.36. The number of nitrogens with zero attached hydrogens (tertiary/aromatic N) is 1. The molecule has 0 radical (unpaired) electrons. The first-order valence-corrected chi connectivity index (χ1v) is 11.0. The van der Waals surface area contributed by atoms with E-state index < -0.39 is 15.4 Å². The van der Waals surface area contributed by atoms with Crippen molar-refractivity contribution in [3.8, 4) is 0 Å². The molecular weight excluding hydrogens is 388 g/mol. The molecule has 6 nitrogen and oxygen atoms in total. The molecule has 0 saturated carbocycles. The first-order chi connectivity index (χ1) is 13.8. The SMILES string of the molecule is CCCCC1(C)C(=O)C(C2=NS(=O)(=O)c3ccccc3N2)=C(O)c2ccccc21. The maximum atomic E-state index is 13.6. The molecule has 150 valence electrons. The predicted molar refractivity (Wildman–Crippen MR) is 113 cm³/mol. The highest BCUT2D eigenvalue weighted by Gasteiger charge is 2.46. The lowest BCUT2D eigenvalue weighted by Crippen LogP contribution is -2.42. The van der Waals surface area contributed by atoms with Crippen LogP contribution in [0.1, 0.15) is 44.2 Å². The Hall–Kier alpha value is -2.93. The van der Waals surface area contributed by atoms with Crippen LogP contribution < -0.4 is 5.32 Å². The summed E-state index contributed by atoms with van der Waals surface area (Å²) in [5, 5.41) is 13.9. The standard InChI is InChI=1S/C22H22N2O4S/c1-3-4-13-22(2)15-10-6-5-9-14(15)19(25)18(20(22)26)21-23-16-11-7-8-12-17(16)29(27,28)24-21/h5-12,25H,3-4,13H2,1-2H3,(H,23,24). The Morgan fingerprint density at radius 2 is 1.79 bits per heavy atom. The highest BCUT2D eigenvalue weighted by atomic mass is 32.2. The minimum absolute atomic E-state index is 0.0428. The van der Waals surface area contributed by atoms with Gasteiger partial charge in [-0.1, -0.05) is 56.2 Å². The molecule has 0 saturated heterocycles. The molecule has 0 fully saturated rings. The topological polar surface area (TPSA) is 95.8 Å². The number of rotatable bonds is 4. The van der Waals surface area contributed by atoms with Gasteiger partial charge < -0.3 is 10.4 Å². The zero-order valence-electron chi connectivity index (χ0n) is 16.3. The molecule has 2 aliphatic rings. The Kier molecular flexibility index (Phi) is 4.58. The molecule has 0 spiro atoms. The van der Waals surface area contributed by atoms with Crippen LogP contribution in [0.4, 0.5) is 5.69 Å². The van der Waals surface area contributed by atoms with Gasteiger partial charge in [-0.2, -0.15) is 8.42 Å². The largest absolute Gasteiger partial charge is 0.506 e. The van der Waals surface area contributed by atoms with Gasteiger partial charge in [0.2, 0.25) is 0 Å². The molecule has 1 unspecified atom stereocenters. The van der Waals surface area contributed by atoms with Gasteiger partial charge in [-0.05, 0) is 31.0 Å². The molecule has 0 aromatic heterocycles. The summed E-state index contributed by atoms with van der Waals surface area (Å²) < 4.78 is 29.2. The number of fused-ring (bicyclic) bond motifs is 2. The Morgan fingerprint density at radius 3 is 2.55 bits per heavy atom. The third-order valence-electron chi connectivity index (χ3n) is 5.64. The Labute approximate surface area is 170 Å². The Bertz CT molecular complexity index is 1180. The zero-order chi connectivity index (χ0) is 20.8. The number of hydrogen-bond acceptors (Lipinski definition) is 5. The quantitative estimate of drug-likeness (QED) is 0.788. The van der Waals surface area contributed by atoms with Crippen molar-refractivity contribution in [2.75, 3.05) is 5.32 Å². The van der Waals surface area contributed by atoms with E-state index in [1.807, 2.05) is 26.0 Å². The van der Waals surface area contributed by atoms with Crippen LogP contribution in [0.3, 0.4) is 0 Å². The summed E-state index contributed by atoms with van der Waals surface area (Å²) in [6, 6.07) is 13.6. The Morgan fingerprint density at radius 1 is 1.10 bits per heavy atom. The summed E-state index contributed by atoms with van der Waals surface area (Å²) in [7, 11) is -3.99. The fourth-order valence-electron chi connectivity index (χ4n) is 4.03. The van der Waals surface area contributed by atoms with Crippen LogP contribution in [0.2, 0.25) is 0 Å². The van der Waals surface area contributed by atoms with Crippen molar-refractivity contribution in [2.45, 2.75) is 43.4 Å². The number of aliphatic hydroxyl groups excluding tert-OH is 1. The highest BCUT2D eigenvalue weighted by Crippen LogP contribution is 2.43. The van der Waals surface area contributed by atoms with Crippen molar-refractivity contribution in [3.05, 3.63) is 65.2 Å². The third-order valence-corrected chi connectivity index (χ3v) is 6.97. The number of sulfonamides is 1. The smallest absolute Gasteiger partial charge is 0.286 e. The number of hydrogen-bond donors (Lipinski definition) is 2. The number of anilines is 1. The van der Waals surface area contributed by atoms with Gasteiger partial charge in [0.25, 0.3) is 10.0 Å². The molecule has 1 atom stereocenters. The molecule has 0 amide bonds. The van der Waals surface area contributed by atoms with Crippen LogP contribution in [0, 0.1) is 0 Å². The minimum atomic E-state index is -3.99. The van der Waals surface area contributed by atoms with Gasteiger partial charge in [0.15, 0.2) is 11.6 Å². The lowest BCUT2D eigenvalue weighted by molar-refractivity contribution is -0.120. The van der Waals surface area contributed by atoms with Gasteiger partial charge in [0, 0.05) is 5.56 Å². The van der Waals surface area contributed by atoms with E-state index in [4.69, 9.17) is 0 Å². The van der Waals surface area contributed by atoms with E-state index in [-0.39, 0.29) is 27.8 Å². The number of aliphatic hydroxyl groups is 1. The van der Waals surface area contributed by atoms with Gasteiger partial charge in [0.1, 0.15) is 16.2 Å². The number of ketones is 1. The van der Waals surface area contributed by atoms with E-state index in [0.717, 1.165) is 18.4 Å². The fraction of sp³-hybridized carbons (Fsp3) is 0.273. The number of amidine groups is 1. The van der Waals surface area contributed by atoms with Crippen LogP contribution in [0.25, 0.3) is 5.76 Å². The molecule has 7 heteroatoms. The summed E-state index contributed by atoms with van der Waals surface area (Å²) in [6.45, 7) is 3.90.